The monoisotopic (exact) mass is 237 g/mol. The molecule has 0 aliphatic carbocycles. The van der Waals surface area contributed by atoms with Crippen LogP contribution in [-0.4, -0.2) is 18.1 Å². The molecule has 0 aliphatic heterocycles. The molecule has 0 bridgehead atoms. The number of methoxy groups -OCH3 is 1. The maximum Gasteiger partial charge on any atom is 0.337 e. The molecule has 1 aromatic heterocycles. The number of hydrogen-bond acceptors (Lipinski definition) is 3. The molecule has 0 aliphatic rings. The molecule has 0 saturated heterocycles. The largest absolute Gasteiger partial charge is 0.465 e. The Bertz CT molecular complexity index is 750. The van der Waals surface area contributed by atoms with Gasteiger partial charge in [0.05, 0.1) is 23.7 Å². The summed E-state index contributed by atoms with van der Waals surface area (Å²) >= 11 is 0. The van der Waals surface area contributed by atoms with Crippen molar-refractivity contribution in [2.45, 2.75) is 0 Å². The predicted molar refractivity (Wildman–Crippen MR) is 70.6 cm³/mol. The Hall–Kier alpha value is -2.42. The normalized spacial score (nSPS) is 10.7. The van der Waals surface area contributed by atoms with Crippen LogP contribution >= 0.6 is 0 Å². The van der Waals surface area contributed by atoms with Crippen LogP contribution in [0.2, 0.25) is 0 Å². The molecule has 0 spiro atoms. The van der Waals surface area contributed by atoms with E-state index in [0.717, 1.165) is 21.8 Å². The summed E-state index contributed by atoms with van der Waals surface area (Å²) in [6, 6.07) is 15.3. The zero-order valence-corrected chi connectivity index (χ0v) is 9.88. The molecule has 0 unspecified atom stereocenters. The maximum atomic E-state index is 11.5. The highest BCUT2D eigenvalue weighted by molar-refractivity contribution is 5.98. The number of carbonyl (C=O) groups is 1. The van der Waals surface area contributed by atoms with Gasteiger partial charge in [0, 0.05) is 10.8 Å². The minimum Gasteiger partial charge on any atom is -0.465 e. The van der Waals surface area contributed by atoms with E-state index in [9.17, 15) is 4.79 Å². The summed E-state index contributed by atoms with van der Waals surface area (Å²) < 4.78 is 4.71. The van der Waals surface area contributed by atoms with E-state index < -0.39 is 0 Å². The molecule has 0 atom stereocenters. The maximum absolute atomic E-state index is 11.5. The molecule has 3 rings (SSSR count). The van der Waals surface area contributed by atoms with Crippen LogP contribution in [0.15, 0.2) is 48.5 Å². The Kier molecular flexibility index (Phi) is 2.45. The summed E-state index contributed by atoms with van der Waals surface area (Å²) in [6.45, 7) is 0. The Morgan fingerprint density at radius 3 is 2.61 bits per heavy atom. The fourth-order valence-electron chi connectivity index (χ4n) is 2.03. The van der Waals surface area contributed by atoms with Crippen LogP contribution in [0.1, 0.15) is 10.4 Å². The third-order valence-electron chi connectivity index (χ3n) is 2.94. The summed E-state index contributed by atoms with van der Waals surface area (Å²) in [5.74, 6) is -0.329. The molecular formula is C15H11NO2. The zero-order chi connectivity index (χ0) is 12.5. The van der Waals surface area contributed by atoms with Gasteiger partial charge >= 0.3 is 5.97 Å². The molecule has 3 nitrogen and oxygen atoms in total. The molecule has 0 radical (unpaired) electrons. The van der Waals surface area contributed by atoms with Crippen molar-refractivity contribution in [1.82, 2.24) is 4.98 Å². The smallest absolute Gasteiger partial charge is 0.337 e. The van der Waals surface area contributed by atoms with Crippen molar-refractivity contribution in [3.63, 3.8) is 0 Å². The number of pyridine rings is 1. The van der Waals surface area contributed by atoms with E-state index in [2.05, 4.69) is 4.98 Å². The highest BCUT2D eigenvalue weighted by Crippen LogP contribution is 2.20. The lowest BCUT2D eigenvalue weighted by atomic mass is 10.1. The molecule has 0 amide bonds. The van der Waals surface area contributed by atoms with Crippen LogP contribution in [0.5, 0.6) is 0 Å². The standard InChI is InChI=1S/C15H11NO2/c1-18-15(17)11-6-7-14-12(9-11)8-10-4-2-3-5-13(10)16-14/h2-9H,1H3. The van der Waals surface area contributed by atoms with Crippen molar-refractivity contribution in [1.29, 1.82) is 0 Å². The average Bonchev–Trinajstić information content (AvgIpc) is 2.43. The van der Waals surface area contributed by atoms with Gasteiger partial charge in [0.25, 0.3) is 0 Å². The summed E-state index contributed by atoms with van der Waals surface area (Å²) in [5.41, 5.74) is 2.37. The lowest BCUT2D eigenvalue weighted by Gasteiger charge is -2.03. The van der Waals surface area contributed by atoms with Gasteiger partial charge in [-0.1, -0.05) is 18.2 Å². The van der Waals surface area contributed by atoms with Crippen molar-refractivity contribution < 1.29 is 9.53 Å². The van der Waals surface area contributed by atoms with E-state index in [4.69, 9.17) is 4.74 Å². The van der Waals surface area contributed by atoms with Gasteiger partial charge in [-0.15, -0.1) is 0 Å². The number of aromatic nitrogens is 1. The molecule has 0 saturated carbocycles. The van der Waals surface area contributed by atoms with Crippen molar-refractivity contribution >= 4 is 27.8 Å². The van der Waals surface area contributed by atoms with Crippen molar-refractivity contribution in [2.75, 3.05) is 7.11 Å². The molecule has 3 aromatic rings. The summed E-state index contributed by atoms with van der Waals surface area (Å²) in [4.78, 5) is 16.0. The molecule has 0 fully saturated rings. The van der Waals surface area contributed by atoms with Gasteiger partial charge in [-0.25, -0.2) is 9.78 Å². The Morgan fingerprint density at radius 1 is 1.00 bits per heavy atom. The highest BCUT2D eigenvalue weighted by atomic mass is 16.5. The van der Waals surface area contributed by atoms with E-state index in [-0.39, 0.29) is 5.97 Å². The molecular weight excluding hydrogens is 226 g/mol. The third kappa shape index (κ3) is 1.70. The molecule has 0 N–H and O–H groups in total. The molecule has 88 valence electrons. The van der Waals surface area contributed by atoms with Crippen LogP contribution < -0.4 is 0 Å². The van der Waals surface area contributed by atoms with E-state index in [0.29, 0.717) is 5.56 Å². The van der Waals surface area contributed by atoms with Gasteiger partial charge in [0.15, 0.2) is 0 Å². The fraction of sp³-hybridized carbons (Fsp3) is 0.0667. The number of para-hydroxylation sites is 1. The number of rotatable bonds is 1. The van der Waals surface area contributed by atoms with Gasteiger partial charge in [-0.3, -0.25) is 0 Å². The van der Waals surface area contributed by atoms with Gasteiger partial charge in [-0.2, -0.15) is 0 Å². The van der Waals surface area contributed by atoms with Gasteiger partial charge in [-0.05, 0) is 30.3 Å². The van der Waals surface area contributed by atoms with Crippen LogP contribution in [0.25, 0.3) is 21.8 Å². The minimum absolute atomic E-state index is 0.329. The van der Waals surface area contributed by atoms with Crippen LogP contribution in [0.4, 0.5) is 0 Å². The zero-order valence-electron chi connectivity index (χ0n) is 9.88. The summed E-state index contributed by atoms with van der Waals surface area (Å²) in [6.07, 6.45) is 0. The Labute approximate surface area is 104 Å². The Balaban J connectivity index is 2.27. The second-order valence-electron chi connectivity index (χ2n) is 4.08. The topological polar surface area (TPSA) is 39.2 Å². The van der Waals surface area contributed by atoms with Crippen LogP contribution in [0, 0.1) is 0 Å². The predicted octanol–water partition coefficient (Wildman–Crippen LogP) is 3.17. The van der Waals surface area contributed by atoms with E-state index in [1.165, 1.54) is 7.11 Å². The second kappa shape index (κ2) is 4.11. The number of ether oxygens (including phenoxy) is 1. The van der Waals surface area contributed by atoms with E-state index >= 15 is 0 Å². The highest BCUT2D eigenvalue weighted by Gasteiger charge is 2.07. The Morgan fingerprint density at radius 2 is 1.78 bits per heavy atom. The molecule has 2 aromatic carbocycles. The number of carbonyl (C=O) groups excluding carboxylic acids is 1. The lowest BCUT2D eigenvalue weighted by molar-refractivity contribution is 0.0601. The third-order valence-corrected chi connectivity index (χ3v) is 2.94. The number of hydrogen-bond donors (Lipinski definition) is 0. The molecule has 1 heterocycles. The minimum atomic E-state index is -0.329. The van der Waals surface area contributed by atoms with E-state index in [1.54, 1.807) is 12.1 Å². The van der Waals surface area contributed by atoms with Crippen LogP contribution in [0.3, 0.4) is 0 Å². The first-order valence-corrected chi connectivity index (χ1v) is 5.66. The first-order valence-electron chi connectivity index (χ1n) is 5.66. The number of esters is 1. The fourth-order valence-corrected chi connectivity index (χ4v) is 2.03. The average molecular weight is 237 g/mol. The van der Waals surface area contributed by atoms with Gasteiger partial charge < -0.3 is 4.74 Å². The first kappa shape index (κ1) is 10.7. The van der Waals surface area contributed by atoms with Crippen molar-refractivity contribution in [3.05, 3.63) is 54.1 Å². The van der Waals surface area contributed by atoms with Crippen LogP contribution in [-0.2, 0) is 4.74 Å². The second-order valence-corrected chi connectivity index (χ2v) is 4.08. The number of benzene rings is 2. The summed E-state index contributed by atoms with van der Waals surface area (Å²) in [7, 11) is 1.38. The quantitative estimate of drug-likeness (QED) is 0.482. The van der Waals surface area contributed by atoms with Gasteiger partial charge in [0.2, 0.25) is 0 Å². The summed E-state index contributed by atoms with van der Waals surface area (Å²) in [5, 5.41) is 2.00. The number of fused-ring (bicyclic) bond motifs is 2. The number of nitrogens with zero attached hydrogens (tertiary/aromatic N) is 1. The SMILES string of the molecule is COC(=O)c1ccc2nc3ccccc3cc2c1. The molecule has 3 heteroatoms. The van der Waals surface area contributed by atoms with E-state index in [1.807, 2.05) is 36.4 Å². The van der Waals surface area contributed by atoms with Crippen molar-refractivity contribution in [3.8, 4) is 0 Å². The van der Waals surface area contributed by atoms with Gasteiger partial charge in [0.1, 0.15) is 0 Å². The lowest BCUT2D eigenvalue weighted by Crippen LogP contribution is -2.00. The van der Waals surface area contributed by atoms with Crippen molar-refractivity contribution in [2.24, 2.45) is 0 Å². The first-order chi connectivity index (χ1) is 8.78. The molecule has 18 heavy (non-hydrogen) atoms.